The highest BCUT2D eigenvalue weighted by atomic mass is 31.2. The van der Waals surface area contributed by atoms with E-state index >= 15 is 0 Å². The summed E-state index contributed by atoms with van der Waals surface area (Å²) in [5.74, 6) is 0. The molecule has 0 aromatic heterocycles. The largest absolute Gasteiger partial charge is 0.433 e. The van der Waals surface area contributed by atoms with Crippen LogP contribution in [-0.4, -0.2) is 0 Å². The fourth-order valence-corrected chi connectivity index (χ4v) is 1.81. The molecule has 0 heterocycles. The zero-order chi connectivity index (χ0) is 9.35. The van der Waals surface area contributed by atoms with Gasteiger partial charge in [-0.05, 0) is 37.1 Å². The third kappa shape index (κ3) is 2.15. The topological polar surface area (TPSA) is 17.1 Å². The van der Waals surface area contributed by atoms with Crippen molar-refractivity contribution in [3.63, 3.8) is 0 Å². The van der Waals surface area contributed by atoms with Crippen LogP contribution in [0.4, 0.5) is 8.39 Å². The highest BCUT2D eigenvalue weighted by Gasteiger charge is 2.22. The van der Waals surface area contributed by atoms with Crippen LogP contribution in [0, 0.1) is 13.8 Å². The first kappa shape index (κ1) is 9.40. The summed E-state index contributed by atoms with van der Waals surface area (Å²) in [7, 11) is -5.07. The monoisotopic (exact) mass is 190 g/mol. The van der Waals surface area contributed by atoms with Crippen molar-refractivity contribution in [3.8, 4) is 0 Å². The summed E-state index contributed by atoms with van der Waals surface area (Å²) in [5.41, 5.74) is 1.42. The van der Waals surface area contributed by atoms with Gasteiger partial charge in [-0.3, -0.25) is 0 Å². The zero-order valence-electron chi connectivity index (χ0n) is 6.84. The third-order valence-electron chi connectivity index (χ3n) is 1.51. The van der Waals surface area contributed by atoms with Crippen molar-refractivity contribution in [1.29, 1.82) is 0 Å². The van der Waals surface area contributed by atoms with E-state index in [9.17, 15) is 13.0 Å². The summed E-state index contributed by atoms with van der Waals surface area (Å²) in [4.78, 5) is 0. The molecule has 66 valence electrons. The Morgan fingerprint density at radius 2 is 1.50 bits per heavy atom. The molecular formula is C8H9F2OP. The van der Waals surface area contributed by atoms with E-state index in [0.29, 0.717) is 11.1 Å². The highest BCUT2D eigenvalue weighted by molar-refractivity contribution is 7.61. The lowest BCUT2D eigenvalue weighted by Gasteiger charge is -2.02. The van der Waals surface area contributed by atoms with Crippen LogP contribution in [0.3, 0.4) is 0 Å². The Kier molecular flexibility index (Phi) is 2.34. The molecule has 0 radical (unpaired) electrons. The average Bonchev–Trinajstić information content (AvgIpc) is 1.82. The van der Waals surface area contributed by atoms with E-state index in [4.69, 9.17) is 0 Å². The molecule has 0 bridgehead atoms. The first-order valence-electron chi connectivity index (χ1n) is 3.48. The van der Waals surface area contributed by atoms with Crippen LogP contribution in [0.15, 0.2) is 18.2 Å². The fourth-order valence-electron chi connectivity index (χ4n) is 1.10. The Morgan fingerprint density at radius 1 is 1.08 bits per heavy atom. The first-order chi connectivity index (χ1) is 5.39. The molecule has 12 heavy (non-hydrogen) atoms. The van der Waals surface area contributed by atoms with E-state index in [0.717, 1.165) is 0 Å². The molecule has 0 saturated carbocycles. The molecule has 0 amide bonds. The quantitative estimate of drug-likeness (QED) is 0.622. The minimum atomic E-state index is -5.07. The third-order valence-corrected chi connectivity index (χ3v) is 2.37. The lowest BCUT2D eigenvalue weighted by molar-refractivity contribution is 0.507. The van der Waals surface area contributed by atoms with Crippen LogP contribution >= 0.6 is 7.76 Å². The number of rotatable bonds is 1. The molecule has 1 aromatic carbocycles. The Balaban J connectivity index is 3.27. The number of benzene rings is 1. The molecule has 0 N–H and O–H groups in total. The van der Waals surface area contributed by atoms with Crippen LogP contribution in [0.1, 0.15) is 11.1 Å². The van der Waals surface area contributed by atoms with Crippen LogP contribution in [0.2, 0.25) is 0 Å². The van der Waals surface area contributed by atoms with Crippen molar-refractivity contribution >= 4 is 13.1 Å². The van der Waals surface area contributed by atoms with Gasteiger partial charge < -0.3 is 0 Å². The molecule has 0 unspecified atom stereocenters. The second-order valence-electron chi connectivity index (χ2n) is 2.81. The molecule has 0 aliphatic heterocycles. The summed E-state index contributed by atoms with van der Waals surface area (Å²) in [5, 5.41) is -0.347. The number of hydrogen-bond donors (Lipinski definition) is 0. The highest BCUT2D eigenvalue weighted by Crippen LogP contribution is 2.47. The van der Waals surface area contributed by atoms with Gasteiger partial charge in [-0.15, -0.1) is 8.39 Å². The van der Waals surface area contributed by atoms with Crippen molar-refractivity contribution < 1.29 is 13.0 Å². The van der Waals surface area contributed by atoms with Gasteiger partial charge in [0.05, 0.1) is 5.30 Å². The number of hydrogen-bond acceptors (Lipinski definition) is 1. The first-order valence-corrected chi connectivity index (χ1v) is 4.96. The van der Waals surface area contributed by atoms with Crippen molar-refractivity contribution in [1.82, 2.24) is 0 Å². The lowest BCUT2D eigenvalue weighted by atomic mass is 10.2. The minimum absolute atomic E-state index is 0.347. The summed E-state index contributed by atoms with van der Waals surface area (Å²) in [6.45, 7) is 3.40. The summed E-state index contributed by atoms with van der Waals surface area (Å²) in [6, 6.07) is 4.28. The normalized spacial score (nSPS) is 11.7. The molecule has 0 aliphatic carbocycles. The van der Waals surface area contributed by atoms with Crippen LogP contribution in [-0.2, 0) is 4.57 Å². The fraction of sp³-hybridized carbons (Fsp3) is 0.250. The van der Waals surface area contributed by atoms with Gasteiger partial charge in [0.1, 0.15) is 0 Å². The maximum Gasteiger partial charge on any atom is 0.433 e. The van der Waals surface area contributed by atoms with Gasteiger partial charge in [0.2, 0.25) is 0 Å². The van der Waals surface area contributed by atoms with Crippen LogP contribution in [0.25, 0.3) is 0 Å². The van der Waals surface area contributed by atoms with E-state index in [1.165, 1.54) is 12.1 Å². The summed E-state index contributed by atoms with van der Waals surface area (Å²) < 4.78 is 35.1. The summed E-state index contributed by atoms with van der Waals surface area (Å²) in [6.07, 6.45) is 0. The lowest BCUT2D eigenvalue weighted by Crippen LogP contribution is -1.99. The second-order valence-corrected chi connectivity index (χ2v) is 4.25. The Labute approximate surface area is 70.0 Å². The van der Waals surface area contributed by atoms with Gasteiger partial charge >= 0.3 is 7.76 Å². The van der Waals surface area contributed by atoms with Crippen LogP contribution < -0.4 is 5.30 Å². The molecule has 0 aliphatic rings. The van der Waals surface area contributed by atoms with E-state index in [1.807, 2.05) is 0 Å². The second kappa shape index (κ2) is 2.98. The predicted molar refractivity (Wildman–Crippen MR) is 45.4 cm³/mol. The van der Waals surface area contributed by atoms with E-state index in [1.54, 1.807) is 19.9 Å². The van der Waals surface area contributed by atoms with Crippen LogP contribution in [0.5, 0.6) is 0 Å². The Hall–Kier alpha value is -0.690. The molecule has 0 fully saturated rings. The minimum Gasteiger partial charge on any atom is -0.244 e. The zero-order valence-corrected chi connectivity index (χ0v) is 7.74. The molecule has 4 heteroatoms. The molecule has 0 atom stereocenters. The van der Waals surface area contributed by atoms with E-state index in [2.05, 4.69) is 0 Å². The van der Waals surface area contributed by atoms with Crippen molar-refractivity contribution in [2.24, 2.45) is 0 Å². The van der Waals surface area contributed by atoms with Gasteiger partial charge in [-0.2, -0.15) is 0 Å². The molecule has 0 spiro atoms. The molecule has 1 nitrogen and oxygen atoms in total. The SMILES string of the molecule is Cc1cc(C)cc(P(=O)(F)F)c1. The van der Waals surface area contributed by atoms with Crippen molar-refractivity contribution in [2.45, 2.75) is 13.8 Å². The van der Waals surface area contributed by atoms with Crippen molar-refractivity contribution in [3.05, 3.63) is 29.3 Å². The Morgan fingerprint density at radius 3 is 1.83 bits per heavy atom. The van der Waals surface area contributed by atoms with Gasteiger partial charge in [0.15, 0.2) is 0 Å². The number of halogens is 2. The van der Waals surface area contributed by atoms with Crippen molar-refractivity contribution in [2.75, 3.05) is 0 Å². The maximum absolute atomic E-state index is 12.4. The average molecular weight is 190 g/mol. The Bertz CT molecular complexity index is 323. The molecule has 1 aromatic rings. The van der Waals surface area contributed by atoms with Gasteiger partial charge in [-0.25, -0.2) is 4.57 Å². The number of aryl methyl sites for hydroxylation is 2. The van der Waals surface area contributed by atoms with Gasteiger partial charge in [0.25, 0.3) is 0 Å². The standard InChI is InChI=1S/C8H9F2OP/c1-6-3-7(2)5-8(4-6)12(9,10)11/h3-5H,1-2H3. The van der Waals surface area contributed by atoms with E-state index < -0.39 is 7.76 Å². The summed E-state index contributed by atoms with van der Waals surface area (Å²) >= 11 is 0. The van der Waals surface area contributed by atoms with E-state index in [-0.39, 0.29) is 5.30 Å². The molecular weight excluding hydrogens is 181 g/mol. The molecule has 0 saturated heterocycles. The molecule has 1 rings (SSSR count). The van der Waals surface area contributed by atoms with Gasteiger partial charge in [0, 0.05) is 0 Å². The predicted octanol–water partition coefficient (Wildman–Crippen LogP) is 3.06. The smallest absolute Gasteiger partial charge is 0.244 e. The maximum atomic E-state index is 12.4. The van der Waals surface area contributed by atoms with Gasteiger partial charge in [-0.1, -0.05) is 6.07 Å².